The highest BCUT2D eigenvalue weighted by molar-refractivity contribution is 7.98. The summed E-state index contributed by atoms with van der Waals surface area (Å²) in [5, 5.41) is 10.6. The Morgan fingerprint density at radius 3 is 2.70 bits per heavy atom. The first-order valence-electron chi connectivity index (χ1n) is 6.65. The number of halogens is 2. The molecule has 1 N–H and O–H groups in total. The molecule has 0 unspecified atom stereocenters. The molecule has 0 heterocycles. The SMILES string of the molecule is COC(=O)/C(=C/O)c1ccccc1SCc1cc(Cl)ccc1Cl. The van der Waals surface area contributed by atoms with E-state index in [1.165, 1.54) is 18.9 Å². The van der Waals surface area contributed by atoms with Crippen molar-refractivity contribution in [2.24, 2.45) is 0 Å². The predicted molar refractivity (Wildman–Crippen MR) is 95.1 cm³/mol. The summed E-state index contributed by atoms with van der Waals surface area (Å²) in [5.41, 5.74) is 1.60. The second-order valence-corrected chi connectivity index (χ2v) is 6.42. The fourth-order valence-electron chi connectivity index (χ4n) is 1.97. The van der Waals surface area contributed by atoms with Crippen molar-refractivity contribution in [3.63, 3.8) is 0 Å². The number of methoxy groups -OCH3 is 1. The molecule has 0 aromatic heterocycles. The summed E-state index contributed by atoms with van der Waals surface area (Å²) in [6.45, 7) is 0. The minimum absolute atomic E-state index is 0.104. The second kappa shape index (κ2) is 8.29. The van der Waals surface area contributed by atoms with Crippen LogP contribution >= 0.6 is 35.0 Å². The largest absolute Gasteiger partial charge is 0.515 e. The van der Waals surface area contributed by atoms with Gasteiger partial charge in [0.15, 0.2) is 0 Å². The fourth-order valence-corrected chi connectivity index (χ4v) is 3.48. The minimum Gasteiger partial charge on any atom is -0.515 e. The third-order valence-electron chi connectivity index (χ3n) is 3.10. The van der Waals surface area contributed by atoms with Gasteiger partial charge in [0.25, 0.3) is 0 Å². The highest BCUT2D eigenvalue weighted by Gasteiger charge is 2.16. The van der Waals surface area contributed by atoms with Gasteiger partial charge in [-0.3, -0.25) is 0 Å². The van der Waals surface area contributed by atoms with E-state index in [1.54, 1.807) is 24.3 Å². The van der Waals surface area contributed by atoms with Gasteiger partial charge < -0.3 is 9.84 Å². The predicted octanol–water partition coefficient (Wildman–Crippen LogP) is 5.36. The van der Waals surface area contributed by atoms with E-state index in [1.807, 2.05) is 18.2 Å². The van der Waals surface area contributed by atoms with E-state index >= 15 is 0 Å². The van der Waals surface area contributed by atoms with E-state index in [0.717, 1.165) is 16.7 Å². The van der Waals surface area contributed by atoms with E-state index < -0.39 is 5.97 Å². The number of aliphatic hydroxyl groups is 1. The van der Waals surface area contributed by atoms with Gasteiger partial charge in [0.1, 0.15) is 5.57 Å². The van der Waals surface area contributed by atoms with Crippen molar-refractivity contribution >= 4 is 46.5 Å². The summed E-state index contributed by atoms with van der Waals surface area (Å²) in [7, 11) is 1.27. The Morgan fingerprint density at radius 1 is 1.26 bits per heavy atom. The van der Waals surface area contributed by atoms with Crippen molar-refractivity contribution in [3.8, 4) is 0 Å². The van der Waals surface area contributed by atoms with Crippen LogP contribution in [-0.2, 0) is 15.3 Å². The first-order valence-corrected chi connectivity index (χ1v) is 8.39. The van der Waals surface area contributed by atoms with Crippen LogP contribution in [0.15, 0.2) is 53.6 Å². The van der Waals surface area contributed by atoms with Gasteiger partial charge in [0, 0.05) is 26.3 Å². The topological polar surface area (TPSA) is 46.5 Å². The molecule has 0 spiro atoms. The zero-order valence-corrected chi connectivity index (χ0v) is 14.6. The third-order valence-corrected chi connectivity index (χ3v) is 4.83. The molecule has 2 aromatic carbocycles. The lowest BCUT2D eigenvalue weighted by Gasteiger charge is -2.11. The van der Waals surface area contributed by atoms with Crippen LogP contribution in [0, 0.1) is 0 Å². The van der Waals surface area contributed by atoms with Crippen molar-refractivity contribution in [3.05, 3.63) is 69.9 Å². The normalized spacial score (nSPS) is 11.3. The third kappa shape index (κ3) is 4.44. The summed E-state index contributed by atoms with van der Waals surface area (Å²) in [5.74, 6) is -0.0163. The molecule has 6 heteroatoms. The standard InChI is InChI=1S/C17H14Cl2O3S/c1-22-17(21)14(9-20)13-4-2-3-5-16(13)23-10-11-8-12(18)6-7-15(11)19/h2-9,20H,10H2,1H3/b14-9+. The molecule has 0 atom stereocenters. The number of carbonyl (C=O) groups excluding carboxylic acids is 1. The molecule has 0 aliphatic carbocycles. The molecule has 0 bridgehead atoms. The average molecular weight is 369 g/mol. The highest BCUT2D eigenvalue weighted by Crippen LogP contribution is 2.33. The lowest BCUT2D eigenvalue weighted by atomic mass is 10.1. The number of esters is 1. The van der Waals surface area contributed by atoms with Gasteiger partial charge >= 0.3 is 5.97 Å². The molecule has 0 aliphatic rings. The maximum atomic E-state index is 11.8. The molecule has 0 saturated heterocycles. The molecule has 2 rings (SSSR count). The van der Waals surface area contributed by atoms with Gasteiger partial charge in [-0.1, -0.05) is 41.4 Å². The van der Waals surface area contributed by atoms with Crippen LogP contribution < -0.4 is 0 Å². The lowest BCUT2D eigenvalue weighted by Crippen LogP contribution is -2.05. The average Bonchev–Trinajstić information content (AvgIpc) is 2.57. The van der Waals surface area contributed by atoms with E-state index in [-0.39, 0.29) is 5.57 Å². The molecule has 120 valence electrons. The molecule has 0 saturated carbocycles. The number of thioether (sulfide) groups is 1. The maximum Gasteiger partial charge on any atom is 0.341 e. The van der Waals surface area contributed by atoms with E-state index in [0.29, 0.717) is 21.4 Å². The highest BCUT2D eigenvalue weighted by atomic mass is 35.5. The monoisotopic (exact) mass is 368 g/mol. The maximum absolute atomic E-state index is 11.8. The number of benzene rings is 2. The first-order chi connectivity index (χ1) is 11.1. The Kier molecular flexibility index (Phi) is 6.39. The number of hydrogen-bond donors (Lipinski definition) is 1. The molecule has 0 aliphatic heterocycles. The van der Waals surface area contributed by atoms with Gasteiger partial charge in [-0.05, 0) is 29.8 Å². The van der Waals surface area contributed by atoms with Gasteiger partial charge in [0.2, 0.25) is 0 Å². The molecule has 3 nitrogen and oxygen atoms in total. The number of ether oxygens (including phenoxy) is 1. The van der Waals surface area contributed by atoms with E-state index in [9.17, 15) is 9.90 Å². The van der Waals surface area contributed by atoms with Gasteiger partial charge in [0.05, 0.1) is 13.4 Å². The van der Waals surface area contributed by atoms with Crippen molar-refractivity contribution in [1.29, 1.82) is 0 Å². The summed E-state index contributed by atoms with van der Waals surface area (Å²) < 4.78 is 4.70. The number of rotatable bonds is 5. The van der Waals surface area contributed by atoms with Crippen LogP contribution in [0.25, 0.3) is 5.57 Å². The fraction of sp³-hybridized carbons (Fsp3) is 0.118. The molecular weight excluding hydrogens is 355 g/mol. The van der Waals surface area contributed by atoms with Crippen LogP contribution in [0.2, 0.25) is 10.0 Å². The molecule has 0 fully saturated rings. The van der Waals surface area contributed by atoms with Crippen molar-refractivity contribution in [2.45, 2.75) is 10.6 Å². The Hall–Kier alpha value is -1.62. The van der Waals surface area contributed by atoms with Crippen LogP contribution in [0.5, 0.6) is 0 Å². The summed E-state index contributed by atoms with van der Waals surface area (Å²) in [6, 6.07) is 12.6. The van der Waals surface area contributed by atoms with E-state index in [4.69, 9.17) is 27.9 Å². The van der Waals surface area contributed by atoms with Crippen LogP contribution in [0.3, 0.4) is 0 Å². The van der Waals surface area contributed by atoms with Crippen molar-refractivity contribution in [2.75, 3.05) is 7.11 Å². The van der Waals surface area contributed by atoms with Crippen molar-refractivity contribution in [1.82, 2.24) is 0 Å². The zero-order valence-electron chi connectivity index (χ0n) is 12.3. The van der Waals surface area contributed by atoms with Gasteiger partial charge in [-0.15, -0.1) is 11.8 Å². The molecule has 2 aromatic rings. The molecule has 0 radical (unpaired) electrons. The number of carbonyl (C=O) groups is 1. The minimum atomic E-state index is -0.596. The van der Waals surface area contributed by atoms with Gasteiger partial charge in [-0.2, -0.15) is 0 Å². The molecule has 23 heavy (non-hydrogen) atoms. The van der Waals surface area contributed by atoms with Crippen molar-refractivity contribution < 1.29 is 14.6 Å². The zero-order chi connectivity index (χ0) is 16.8. The number of hydrogen-bond acceptors (Lipinski definition) is 4. The van der Waals surface area contributed by atoms with Crippen LogP contribution in [-0.4, -0.2) is 18.2 Å². The first kappa shape index (κ1) is 17.7. The summed E-state index contributed by atoms with van der Waals surface area (Å²) in [6.07, 6.45) is 0.761. The Bertz CT molecular complexity index is 744. The van der Waals surface area contributed by atoms with Gasteiger partial charge in [-0.25, -0.2) is 4.79 Å². The Balaban J connectivity index is 2.27. The molecular formula is C17H14Cl2O3S. The number of aliphatic hydroxyl groups excluding tert-OH is 1. The smallest absolute Gasteiger partial charge is 0.341 e. The Morgan fingerprint density at radius 2 is 2.00 bits per heavy atom. The Labute approximate surface area is 148 Å². The quantitative estimate of drug-likeness (QED) is 0.334. The lowest BCUT2D eigenvalue weighted by molar-refractivity contribution is -0.133. The summed E-state index contributed by atoms with van der Waals surface area (Å²) >= 11 is 13.7. The van der Waals surface area contributed by atoms with Crippen LogP contribution in [0.1, 0.15) is 11.1 Å². The van der Waals surface area contributed by atoms with Crippen LogP contribution in [0.4, 0.5) is 0 Å². The molecule has 0 amide bonds. The second-order valence-electron chi connectivity index (χ2n) is 4.55. The van der Waals surface area contributed by atoms with E-state index in [2.05, 4.69) is 0 Å². The summed E-state index contributed by atoms with van der Waals surface area (Å²) in [4.78, 5) is 12.6.